The van der Waals surface area contributed by atoms with Crippen LogP contribution in [-0.4, -0.2) is 25.5 Å². The fourth-order valence-corrected chi connectivity index (χ4v) is 1.43. The van der Waals surface area contributed by atoms with E-state index in [1.54, 1.807) is 7.05 Å². The van der Waals surface area contributed by atoms with Crippen LogP contribution in [-0.2, 0) is 4.79 Å². The SMILES string of the molecule is CNC(=O)C1CCCCCN1.Cl. The lowest BCUT2D eigenvalue weighted by atomic mass is 10.1. The van der Waals surface area contributed by atoms with E-state index in [0.29, 0.717) is 0 Å². The first-order valence-corrected chi connectivity index (χ1v) is 4.29. The maximum absolute atomic E-state index is 11.1. The van der Waals surface area contributed by atoms with Crippen LogP contribution in [0.5, 0.6) is 0 Å². The molecule has 1 rings (SSSR count). The van der Waals surface area contributed by atoms with Gasteiger partial charge in [0, 0.05) is 7.05 Å². The maximum Gasteiger partial charge on any atom is 0.236 e. The molecule has 1 heterocycles. The molecule has 1 aliphatic rings. The molecular weight excluding hydrogens is 176 g/mol. The van der Waals surface area contributed by atoms with E-state index in [2.05, 4.69) is 10.6 Å². The van der Waals surface area contributed by atoms with Crippen molar-refractivity contribution in [1.29, 1.82) is 0 Å². The lowest BCUT2D eigenvalue weighted by Gasteiger charge is -2.12. The molecule has 0 spiro atoms. The summed E-state index contributed by atoms with van der Waals surface area (Å²) < 4.78 is 0. The summed E-state index contributed by atoms with van der Waals surface area (Å²) in [5.74, 6) is 0.131. The Bertz CT molecular complexity index is 133. The minimum atomic E-state index is 0. The maximum atomic E-state index is 11.1. The number of nitrogens with one attached hydrogen (secondary N) is 2. The van der Waals surface area contributed by atoms with Crippen LogP contribution in [0.2, 0.25) is 0 Å². The lowest BCUT2D eigenvalue weighted by Crippen LogP contribution is -2.42. The van der Waals surface area contributed by atoms with Gasteiger partial charge < -0.3 is 10.6 Å². The molecule has 2 N–H and O–H groups in total. The van der Waals surface area contributed by atoms with Crippen molar-refractivity contribution < 1.29 is 4.79 Å². The molecule has 1 amide bonds. The zero-order chi connectivity index (χ0) is 8.10. The van der Waals surface area contributed by atoms with Gasteiger partial charge in [0.15, 0.2) is 0 Å². The van der Waals surface area contributed by atoms with Gasteiger partial charge in [-0.3, -0.25) is 4.79 Å². The van der Waals surface area contributed by atoms with E-state index >= 15 is 0 Å². The molecule has 4 heteroatoms. The molecule has 1 aliphatic heterocycles. The second kappa shape index (κ2) is 6.26. The van der Waals surface area contributed by atoms with Crippen molar-refractivity contribution in [3.63, 3.8) is 0 Å². The highest BCUT2D eigenvalue weighted by Gasteiger charge is 2.17. The van der Waals surface area contributed by atoms with Crippen molar-refractivity contribution in [2.24, 2.45) is 0 Å². The quantitative estimate of drug-likeness (QED) is 0.642. The zero-order valence-corrected chi connectivity index (χ0v) is 8.25. The van der Waals surface area contributed by atoms with Crippen molar-refractivity contribution >= 4 is 18.3 Å². The Morgan fingerprint density at radius 2 is 2.17 bits per heavy atom. The second-order valence-corrected chi connectivity index (χ2v) is 2.97. The van der Waals surface area contributed by atoms with Gasteiger partial charge >= 0.3 is 0 Å². The van der Waals surface area contributed by atoms with Crippen LogP contribution in [0, 0.1) is 0 Å². The third-order valence-corrected chi connectivity index (χ3v) is 2.12. The zero-order valence-electron chi connectivity index (χ0n) is 7.43. The van der Waals surface area contributed by atoms with E-state index in [4.69, 9.17) is 0 Å². The predicted molar refractivity (Wildman–Crippen MR) is 51.6 cm³/mol. The summed E-state index contributed by atoms with van der Waals surface area (Å²) in [7, 11) is 1.69. The van der Waals surface area contributed by atoms with Crippen LogP contribution in [0.3, 0.4) is 0 Å². The summed E-state index contributed by atoms with van der Waals surface area (Å²) in [6.07, 6.45) is 4.61. The van der Waals surface area contributed by atoms with Gasteiger partial charge in [0.2, 0.25) is 5.91 Å². The average Bonchev–Trinajstić information content (AvgIpc) is 2.30. The minimum Gasteiger partial charge on any atom is -0.358 e. The Morgan fingerprint density at radius 1 is 1.42 bits per heavy atom. The van der Waals surface area contributed by atoms with Gasteiger partial charge in [0.25, 0.3) is 0 Å². The molecule has 1 fully saturated rings. The van der Waals surface area contributed by atoms with Crippen LogP contribution < -0.4 is 10.6 Å². The fraction of sp³-hybridized carbons (Fsp3) is 0.875. The van der Waals surface area contributed by atoms with Crippen LogP contribution in [0.25, 0.3) is 0 Å². The summed E-state index contributed by atoms with van der Waals surface area (Å²) in [4.78, 5) is 11.1. The average molecular weight is 193 g/mol. The Balaban J connectivity index is 0.00000121. The molecule has 1 saturated heterocycles. The van der Waals surface area contributed by atoms with Gasteiger partial charge in [-0.15, -0.1) is 12.4 Å². The van der Waals surface area contributed by atoms with Crippen molar-refractivity contribution in [2.45, 2.75) is 31.7 Å². The smallest absolute Gasteiger partial charge is 0.236 e. The molecule has 1 unspecified atom stereocenters. The molecule has 0 aliphatic carbocycles. The first-order valence-electron chi connectivity index (χ1n) is 4.29. The van der Waals surface area contributed by atoms with E-state index in [0.717, 1.165) is 13.0 Å². The van der Waals surface area contributed by atoms with Crippen molar-refractivity contribution in [3.05, 3.63) is 0 Å². The predicted octanol–water partition coefficient (Wildman–Crippen LogP) is 0.686. The molecular formula is C8H17ClN2O. The molecule has 1 atom stereocenters. The highest BCUT2D eigenvalue weighted by atomic mass is 35.5. The number of hydrogen-bond donors (Lipinski definition) is 2. The van der Waals surface area contributed by atoms with Crippen LogP contribution >= 0.6 is 12.4 Å². The lowest BCUT2D eigenvalue weighted by molar-refractivity contribution is -0.122. The van der Waals surface area contributed by atoms with E-state index in [1.807, 2.05) is 0 Å². The number of rotatable bonds is 1. The van der Waals surface area contributed by atoms with E-state index in [-0.39, 0.29) is 24.4 Å². The molecule has 12 heavy (non-hydrogen) atoms. The Kier molecular flexibility index (Phi) is 6.11. The summed E-state index contributed by atoms with van der Waals surface area (Å²) in [5.41, 5.74) is 0. The standard InChI is InChI=1S/C8H16N2O.ClH/c1-9-8(11)7-5-3-2-4-6-10-7;/h7,10H,2-6H2,1H3,(H,9,11);1H. The van der Waals surface area contributed by atoms with Gasteiger partial charge in [0.05, 0.1) is 6.04 Å². The van der Waals surface area contributed by atoms with Crippen LogP contribution in [0.4, 0.5) is 0 Å². The highest BCUT2D eigenvalue weighted by molar-refractivity contribution is 5.85. The summed E-state index contributed by atoms with van der Waals surface area (Å²) >= 11 is 0. The van der Waals surface area contributed by atoms with Gasteiger partial charge in [-0.2, -0.15) is 0 Å². The molecule has 0 aromatic heterocycles. The number of halogens is 1. The number of carbonyl (C=O) groups excluding carboxylic acids is 1. The first kappa shape index (κ1) is 11.7. The van der Waals surface area contributed by atoms with Crippen LogP contribution in [0.15, 0.2) is 0 Å². The van der Waals surface area contributed by atoms with Gasteiger partial charge in [-0.1, -0.05) is 12.8 Å². The number of likely N-dealkylation sites (N-methyl/N-ethyl adjacent to an activating group) is 1. The number of amides is 1. The van der Waals surface area contributed by atoms with Crippen LogP contribution in [0.1, 0.15) is 25.7 Å². The normalized spacial score (nSPS) is 23.6. The van der Waals surface area contributed by atoms with E-state index < -0.39 is 0 Å². The summed E-state index contributed by atoms with van der Waals surface area (Å²) in [6.45, 7) is 0.984. The molecule has 0 aromatic rings. The number of hydrogen-bond acceptors (Lipinski definition) is 2. The van der Waals surface area contributed by atoms with Crippen molar-refractivity contribution in [3.8, 4) is 0 Å². The summed E-state index contributed by atoms with van der Waals surface area (Å²) in [6, 6.07) is 0.0579. The molecule has 0 saturated carbocycles. The second-order valence-electron chi connectivity index (χ2n) is 2.97. The fourth-order valence-electron chi connectivity index (χ4n) is 1.43. The molecule has 72 valence electrons. The minimum absolute atomic E-state index is 0. The van der Waals surface area contributed by atoms with Gasteiger partial charge in [-0.05, 0) is 19.4 Å². The molecule has 0 aromatic carbocycles. The van der Waals surface area contributed by atoms with E-state index in [9.17, 15) is 4.79 Å². The summed E-state index contributed by atoms with van der Waals surface area (Å²) in [5, 5.41) is 5.88. The third-order valence-electron chi connectivity index (χ3n) is 2.12. The van der Waals surface area contributed by atoms with Crippen molar-refractivity contribution in [1.82, 2.24) is 10.6 Å². The highest BCUT2D eigenvalue weighted by Crippen LogP contribution is 2.07. The Morgan fingerprint density at radius 3 is 2.83 bits per heavy atom. The molecule has 3 nitrogen and oxygen atoms in total. The topological polar surface area (TPSA) is 41.1 Å². The first-order chi connectivity index (χ1) is 5.34. The number of carbonyl (C=O) groups is 1. The largest absolute Gasteiger partial charge is 0.358 e. The Labute approximate surface area is 79.7 Å². The van der Waals surface area contributed by atoms with Crippen molar-refractivity contribution in [2.75, 3.05) is 13.6 Å². The van der Waals surface area contributed by atoms with E-state index in [1.165, 1.54) is 19.3 Å². The Hall–Kier alpha value is -0.280. The molecule has 0 radical (unpaired) electrons. The third kappa shape index (κ3) is 3.41. The van der Waals surface area contributed by atoms with Gasteiger partial charge in [0.1, 0.15) is 0 Å². The monoisotopic (exact) mass is 192 g/mol. The molecule has 0 bridgehead atoms. The van der Waals surface area contributed by atoms with Gasteiger partial charge in [-0.25, -0.2) is 0 Å².